The number of fused-ring (bicyclic) bond motifs is 1. The molecule has 2 aliphatic carbocycles. The standard InChI is InChI=1S/C13H22O2/c1-9(14)10-7-8-13(15-2)12-6-4-3-5-11(10)12/h10-13H,3-8H2,1-2H3. The summed E-state index contributed by atoms with van der Waals surface area (Å²) in [6.07, 6.45) is 7.71. The zero-order valence-electron chi connectivity index (χ0n) is 9.87. The molecule has 0 amide bonds. The van der Waals surface area contributed by atoms with E-state index in [4.69, 9.17) is 4.74 Å². The highest BCUT2D eigenvalue weighted by Gasteiger charge is 2.42. The number of hydrogen-bond donors (Lipinski definition) is 0. The van der Waals surface area contributed by atoms with E-state index >= 15 is 0 Å². The number of ether oxygens (including phenoxy) is 1. The van der Waals surface area contributed by atoms with Gasteiger partial charge in [0.15, 0.2) is 0 Å². The molecule has 0 aliphatic heterocycles. The predicted octanol–water partition coefficient (Wildman–Crippen LogP) is 2.81. The molecule has 2 aliphatic rings. The van der Waals surface area contributed by atoms with Gasteiger partial charge in [0, 0.05) is 13.0 Å². The zero-order valence-corrected chi connectivity index (χ0v) is 9.87. The Morgan fingerprint density at radius 1 is 1.07 bits per heavy atom. The maximum absolute atomic E-state index is 11.6. The van der Waals surface area contributed by atoms with Crippen molar-refractivity contribution in [1.29, 1.82) is 0 Å². The van der Waals surface area contributed by atoms with Gasteiger partial charge in [0.25, 0.3) is 0 Å². The van der Waals surface area contributed by atoms with Crippen LogP contribution in [0.1, 0.15) is 45.4 Å². The molecule has 0 radical (unpaired) electrons. The molecule has 2 fully saturated rings. The van der Waals surface area contributed by atoms with Crippen LogP contribution in [0.5, 0.6) is 0 Å². The number of Topliss-reactive ketones (excluding diaryl/α,β-unsaturated/α-hetero) is 1. The first-order valence-corrected chi connectivity index (χ1v) is 6.27. The summed E-state index contributed by atoms with van der Waals surface area (Å²) >= 11 is 0. The zero-order chi connectivity index (χ0) is 10.8. The summed E-state index contributed by atoms with van der Waals surface area (Å²) < 4.78 is 5.58. The molecule has 86 valence electrons. The number of methoxy groups -OCH3 is 1. The SMILES string of the molecule is COC1CCC(C(C)=O)C2CCCCC12. The van der Waals surface area contributed by atoms with Crippen LogP contribution >= 0.6 is 0 Å². The molecule has 0 aromatic heterocycles. The lowest BCUT2D eigenvalue weighted by Crippen LogP contribution is -2.43. The maximum Gasteiger partial charge on any atom is 0.133 e. The van der Waals surface area contributed by atoms with Crippen molar-refractivity contribution >= 4 is 5.78 Å². The fourth-order valence-corrected chi connectivity index (χ4v) is 3.72. The first-order chi connectivity index (χ1) is 7.24. The number of rotatable bonds is 2. The number of ketones is 1. The molecule has 0 spiro atoms. The molecular formula is C13H22O2. The van der Waals surface area contributed by atoms with Crippen molar-refractivity contribution in [2.75, 3.05) is 7.11 Å². The van der Waals surface area contributed by atoms with Crippen molar-refractivity contribution in [1.82, 2.24) is 0 Å². The van der Waals surface area contributed by atoms with Gasteiger partial charge in [-0.3, -0.25) is 4.79 Å². The Kier molecular flexibility index (Phi) is 3.45. The summed E-state index contributed by atoms with van der Waals surface area (Å²) in [6, 6.07) is 0. The quantitative estimate of drug-likeness (QED) is 0.700. The van der Waals surface area contributed by atoms with E-state index in [1.54, 1.807) is 6.92 Å². The third-order valence-electron chi connectivity index (χ3n) is 4.46. The van der Waals surface area contributed by atoms with Gasteiger partial charge in [-0.1, -0.05) is 12.8 Å². The van der Waals surface area contributed by atoms with Gasteiger partial charge in [0.05, 0.1) is 6.10 Å². The van der Waals surface area contributed by atoms with E-state index in [9.17, 15) is 4.79 Å². The summed E-state index contributed by atoms with van der Waals surface area (Å²) in [6.45, 7) is 1.77. The Bertz CT molecular complexity index is 237. The van der Waals surface area contributed by atoms with E-state index in [1.165, 1.54) is 25.7 Å². The number of carbonyl (C=O) groups excluding carboxylic acids is 1. The lowest BCUT2D eigenvalue weighted by atomic mass is 9.63. The van der Waals surface area contributed by atoms with Crippen molar-refractivity contribution in [3.05, 3.63) is 0 Å². The Labute approximate surface area is 92.4 Å². The summed E-state index contributed by atoms with van der Waals surface area (Å²) in [5.74, 6) is 2.02. The van der Waals surface area contributed by atoms with Crippen molar-refractivity contribution < 1.29 is 9.53 Å². The molecule has 0 N–H and O–H groups in total. The topological polar surface area (TPSA) is 26.3 Å². The van der Waals surface area contributed by atoms with Crippen LogP contribution in [0.4, 0.5) is 0 Å². The summed E-state index contributed by atoms with van der Waals surface area (Å²) in [5, 5.41) is 0. The summed E-state index contributed by atoms with van der Waals surface area (Å²) in [4.78, 5) is 11.6. The molecule has 0 bridgehead atoms. The minimum Gasteiger partial charge on any atom is -0.381 e. The molecule has 0 aromatic carbocycles. The Morgan fingerprint density at radius 2 is 1.73 bits per heavy atom. The molecule has 0 saturated heterocycles. The first-order valence-electron chi connectivity index (χ1n) is 6.27. The first kappa shape index (κ1) is 11.1. The molecule has 4 unspecified atom stereocenters. The Balaban J connectivity index is 2.12. The van der Waals surface area contributed by atoms with E-state index in [0.717, 1.165) is 12.8 Å². The number of hydrogen-bond acceptors (Lipinski definition) is 2. The fourth-order valence-electron chi connectivity index (χ4n) is 3.72. The minimum atomic E-state index is 0.335. The largest absolute Gasteiger partial charge is 0.381 e. The highest BCUT2D eigenvalue weighted by Crippen LogP contribution is 2.45. The molecule has 0 heterocycles. The molecule has 2 saturated carbocycles. The summed E-state index contributed by atoms with van der Waals surface area (Å²) in [5.41, 5.74) is 0. The van der Waals surface area contributed by atoms with Crippen LogP contribution in [0.2, 0.25) is 0 Å². The maximum atomic E-state index is 11.6. The van der Waals surface area contributed by atoms with E-state index < -0.39 is 0 Å². The second-order valence-electron chi connectivity index (χ2n) is 5.18. The monoisotopic (exact) mass is 210 g/mol. The van der Waals surface area contributed by atoms with E-state index in [-0.39, 0.29) is 0 Å². The second-order valence-corrected chi connectivity index (χ2v) is 5.18. The van der Waals surface area contributed by atoms with Gasteiger partial charge in [-0.25, -0.2) is 0 Å². The van der Waals surface area contributed by atoms with Gasteiger partial charge < -0.3 is 4.74 Å². The van der Waals surface area contributed by atoms with Crippen LogP contribution in [-0.4, -0.2) is 19.0 Å². The van der Waals surface area contributed by atoms with Gasteiger partial charge in [0.2, 0.25) is 0 Å². The van der Waals surface area contributed by atoms with Gasteiger partial charge in [0.1, 0.15) is 5.78 Å². The van der Waals surface area contributed by atoms with Crippen LogP contribution in [0, 0.1) is 17.8 Å². The van der Waals surface area contributed by atoms with Gasteiger partial charge in [-0.2, -0.15) is 0 Å². The van der Waals surface area contributed by atoms with Gasteiger partial charge >= 0.3 is 0 Å². The van der Waals surface area contributed by atoms with E-state index in [0.29, 0.717) is 29.6 Å². The fraction of sp³-hybridized carbons (Fsp3) is 0.923. The number of carbonyl (C=O) groups is 1. The normalized spacial score (nSPS) is 40.9. The molecule has 2 nitrogen and oxygen atoms in total. The van der Waals surface area contributed by atoms with Crippen molar-refractivity contribution in [2.45, 2.75) is 51.6 Å². The highest BCUT2D eigenvalue weighted by molar-refractivity contribution is 5.78. The molecule has 0 aromatic rings. The Hall–Kier alpha value is -0.370. The second kappa shape index (κ2) is 4.65. The average Bonchev–Trinajstić information content (AvgIpc) is 2.27. The summed E-state index contributed by atoms with van der Waals surface area (Å²) in [7, 11) is 1.82. The smallest absolute Gasteiger partial charge is 0.133 e. The van der Waals surface area contributed by atoms with Crippen LogP contribution in [0.25, 0.3) is 0 Å². The highest BCUT2D eigenvalue weighted by atomic mass is 16.5. The van der Waals surface area contributed by atoms with Crippen LogP contribution in [0.3, 0.4) is 0 Å². The average molecular weight is 210 g/mol. The lowest BCUT2D eigenvalue weighted by Gasteiger charge is -2.44. The molecule has 4 atom stereocenters. The van der Waals surface area contributed by atoms with E-state index in [1.807, 2.05) is 7.11 Å². The molecule has 2 heteroatoms. The van der Waals surface area contributed by atoms with Gasteiger partial charge in [-0.05, 0) is 44.4 Å². The predicted molar refractivity (Wildman–Crippen MR) is 59.7 cm³/mol. The molecule has 15 heavy (non-hydrogen) atoms. The van der Waals surface area contributed by atoms with Crippen molar-refractivity contribution in [3.8, 4) is 0 Å². The van der Waals surface area contributed by atoms with E-state index in [2.05, 4.69) is 0 Å². The lowest BCUT2D eigenvalue weighted by molar-refractivity contribution is -0.129. The third-order valence-corrected chi connectivity index (χ3v) is 4.46. The van der Waals surface area contributed by atoms with Crippen LogP contribution in [-0.2, 0) is 9.53 Å². The van der Waals surface area contributed by atoms with Crippen molar-refractivity contribution in [2.24, 2.45) is 17.8 Å². The molecular weight excluding hydrogens is 188 g/mol. The third kappa shape index (κ3) is 2.10. The van der Waals surface area contributed by atoms with Gasteiger partial charge in [-0.15, -0.1) is 0 Å². The Morgan fingerprint density at radius 3 is 2.33 bits per heavy atom. The van der Waals surface area contributed by atoms with Crippen LogP contribution < -0.4 is 0 Å². The molecule has 2 rings (SSSR count). The van der Waals surface area contributed by atoms with Crippen LogP contribution in [0.15, 0.2) is 0 Å². The van der Waals surface area contributed by atoms with Crippen molar-refractivity contribution in [3.63, 3.8) is 0 Å². The minimum absolute atomic E-state index is 0.335.